The maximum absolute atomic E-state index is 12.9. The molecule has 1 aliphatic heterocycles. The molecule has 0 atom stereocenters. The number of benzene rings is 1. The van der Waals surface area contributed by atoms with Crippen LogP contribution in [0.25, 0.3) is 0 Å². The molecule has 156 valence electrons. The van der Waals surface area contributed by atoms with E-state index in [1.54, 1.807) is 23.6 Å². The molecule has 2 heterocycles. The highest BCUT2D eigenvalue weighted by molar-refractivity contribution is 7.89. The Bertz CT molecular complexity index is 1020. The van der Waals surface area contributed by atoms with Crippen LogP contribution in [0.5, 0.6) is 0 Å². The molecule has 1 N–H and O–H groups in total. The lowest BCUT2D eigenvalue weighted by atomic mass is 9.97. The zero-order valence-corrected chi connectivity index (χ0v) is 18.2. The number of carbonyl (C=O) groups excluding carboxylic acids is 2. The first kappa shape index (κ1) is 21.5. The molecule has 0 radical (unpaired) electrons. The first-order valence-corrected chi connectivity index (χ1v) is 11.6. The third-order valence-electron chi connectivity index (χ3n) is 5.25. The average Bonchev–Trinajstić information content (AvgIpc) is 3.17. The normalized spacial score (nSPS) is 15.8. The van der Waals surface area contributed by atoms with Crippen molar-refractivity contribution in [1.82, 2.24) is 4.31 Å². The Hall–Kier alpha value is -2.23. The molecule has 1 aliphatic rings. The number of nitrogens with zero attached hydrogens (tertiary/aromatic N) is 1. The molecule has 1 fully saturated rings. The second-order valence-corrected chi connectivity index (χ2v) is 9.92. The molecule has 0 bridgehead atoms. The second kappa shape index (κ2) is 8.64. The van der Waals surface area contributed by atoms with Crippen LogP contribution in [0, 0.1) is 19.8 Å². The predicted molar refractivity (Wildman–Crippen MR) is 112 cm³/mol. The number of amides is 1. The van der Waals surface area contributed by atoms with E-state index in [9.17, 15) is 18.0 Å². The van der Waals surface area contributed by atoms with Gasteiger partial charge in [0.1, 0.15) is 5.00 Å². The molecule has 3 rings (SSSR count). The molecule has 1 amide bonds. The number of ether oxygens (including phenoxy) is 1. The smallest absolute Gasteiger partial charge is 0.340 e. The van der Waals surface area contributed by atoms with Gasteiger partial charge in [-0.2, -0.15) is 4.31 Å². The van der Waals surface area contributed by atoms with Crippen molar-refractivity contribution in [1.29, 1.82) is 0 Å². The fourth-order valence-corrected chi connectivity index (χ4v) is 5.61. The minimum atomic E-state index is -3.58. The van der Waals surface area contributed by atoms with E-state index < -0.39 is 16.0 Å². The summed E-state index contributed by atoms with van der Waals surface area (Å²) in [6.45, 7) is 4.39. The standard InChI is InChI=1S/C20H24N2O5S2/c1-13-4-5-16(12-14(13)2)29(25,26)22-9-6-15(7-10-22)18(23)21-19-17(8-11-28-19)20(24)27-3/h4-5,8,11-12,15H,6-7,9-10H2,1-3H3,(H,21,23). The van der Waals surface area contributed by atoms with Gasteiger partial charge in [0.2, 0.25) is 15.9 Å². The van der Waals surface area contributed by atoms with Crippen LogP contribution in [0.15, 0.2) is 34.5 Å². The number of esters is 1. The van der Waals surface area contributed by atoms with Crippen LogP contribution in [-0.4, -0.2) is 44.8 Å². The summed E-state index contributed by atoms with van der Waals surface area (Å²) < 4.78 is 32.0. The van der Waals surface area contributed by atoms with Gasteiger partial charge in [-0.05, 0) is 61.4 Å². The highest BCUT2D eigenvalue weighted by atomic mass is 32.2. The van der Waals surface area contributed by atoms with Crippen LogP contribution < -0.4 is 5.32 Å². The van der Waals surface area contributed by atoms with Gasteiger partial charge >= 0.3 is 5.97 Å². The first-order valence-electron chi connectivity index (χ1n) is 9.28. The summed E-state index contributed by atoms with van der Waals surface area (Å²) in [5.74, 6) is -1.02. The van der Waals surface area contributed by atoms with Crippen molar-refractivity contribution in [3.05, 3.63) is 46.3 Å². The number of anilines is 1. The van der Waals surface area contributed by atoms with Crippen LogP contribution in [0.2, 0.25) is 0 Å². The van der Waals surface area contributed by atoms with E-state index in [0.717, 1.165) is 11.1 Å². The van der Waals surface area contributed by atoms with Crippen molar-refractivity contribution < 1.29 is 22.7 Å². The quantitative estimate of drug-likeness (QED) is 0.727. The monoisotopic (exact) mass is 436 g/mol. The summed E-state index contributed by atoms with van der Waals surface area (Å²) in [5.41, 5.74) is 2.29. The summed E-state index contributed by atoms with van der Waals surface area (Å²) >= 11 is 1.25. The number of hydrogen-bond donors (Lipinski definition) is 1. The molecule has 0 aliphatic carbocycles. The predicted octanol–water partition coefficient (Wildman–Crippen LogP) is 3.19. The average molecular weight is 437 g/mol. The Balaban J connectivity index is 1.64. The van der Waals surface area contributed by atoms with Crippen LogP contribution in [-0.2, 0) is 19.6 Å². The summed E-state index contributed by atoms with van der Waals surface area (Å²) in [6.07, 6.45) is 0.851. The second-order valence-electron chi connectivity index (χ2n) is 7.07. The number of carbonyl (C=O) groups is 2. The van der Waals surface area contributed by atoms with E-state index in [-0.39, 0.29) is 29.8 Å². The van der Waals surface area contributed by atoms with Crippen molar-refractivity contribution in [3.63, 3.8) is 0 Å². The number of hydrogen-bond acceptors (Lipinski definition) is 6. The molecule has 0 spiro atoms. The minimum Gasteiger partial charge on any atom is -0.465 e. The fraction of sp³-hybridized carbons (Fsp3) is 0.400. The Labute approximate surface area is 174 Å². The van der Waals surface area contributed by atoms with E-state index in [1.165, 1.54) is 22.8 Å². The maximum atomic E-state index is 12.9. The van der Waals surface area contributed by atoms with Crippen LogP contribution in [0.4, 0.5) is 5.00 Å². The zero-order valence-electron chi connectivity index (χ0n) is 16.6. The van der Waals surface area contributed by atoms with Gasteiger partial charge in [0.15, 0.2) is 0 Å². The number of aryl methyl sites for hydroxylation is 2. The van der Waals surface area contributed by atoms with Gasteiger partial charge in [0, 0.05) is 19.0 Å². The van der Waals surface area contributed by atoms with Crippen molar-refractivity contribution in [2.24, 2.45) is 5.92 Å². The number of methoxy groups -OCH3 is 1. The molecule has 1 aromatic carbocycles. The summed E-state index contributed by atoms with van der Waals surface area (Å²) in [4.78, 5) is 24.6. The molecule has 1 aromatic heterocycles. The highest BCUT2D eigenvalue weighted by Crippen LogP contribution is 2.28. The van der Waals surface area contributed by atoms with E-state index in [0.29, 0.717) is 23.4 Å². The molecule has 1 saturated heterocycles. The maximum Gasteiger partial charge on any atom is 0.340 e. The number of rotatable bonds is 5. The summed E-state index contributed by atoms with van der Waals surface area (Å²) in [7, 11) is -2.29. The summed E-state index contributed by atoms with van der Waals surface area (Å²) in [6, 6.07) is 6.73. The van der Waals surface area contributed by atoms with E-state index >= 15 is 0 Å². The molecular weight excluding hydrogens is 412 g/mol. The molecule has 7 nitrogen and oxygen atoms in total. The number of sulfonamides is 1. The molecule has 29 heavy (non-hydrogen) atoms. The molecule has 9 heteroatoms. The number of thiophene rings is 1. The molecule has 2 aromatic rings. The van der Waals surface area contributed by atoms with Crippen molar-refractivity contribution >= 4 is 38.2 Å². The van der Waals surface area contributed by atoms with E-state index in [2.05, 4.69) is 5.32 Å². The lowest BCUT2D eigenvalue weighted by Crippen LogP contribution is -2.41. The Morgan fingerprint density at radius 2 is 1.83 bits per heavy atom. The van der Waals surface area contributed by atoms with Crippen LogP contribution in [0.3, 0.4) is 0 Å². The van der Waals surface area contributed by atoms with E-state index in [1.807, 2.05) is 19.9 Å². The molecular formula is C20H24N2O5S2. The molecule has 0 saturated carbocycles. The minimum absolute atomic E-state index is 0.208. The third kappa shape index (κ3) is 4.52. The lowest BCUT2D eigenvalue weighted by Gasteiger charge is -2.30. The zero-order chi connectivity index (χ0) is 21.2. The van der Waals surface area contributed by atoms with Gasteiger partial charge in [-0.3, -0.25) is 4.79 Å². The van der Waals surface area contributed by atoms with Gasteiger partial charge in [-0.1, -0.05) is 6.07 Å². The van der Waals surface area contributed by atoms with Gasteiger partial charge in [-0.25, -0.2) is 13.2 Å². The van der Waals surface area contributed by atoms with Crippen molar-refractivity contribution in [2.75, 3.05) is 25.5 Å². The van der Waals surface area contributed by atoms with Crippen molar-refractivity contribution in [3.8, 4) is 0 Å². The van der Waals surface area contributed by atoms with Gasteiger partial charge in [-0.15, -0.1) is 11.3 Å². The lowest BCUT2D eigenvalue weighted by molar-refractivity contribution is -0.120. The SMILES string of the molecule is COC(=O)c1ccsc1NC(=O)C1CCN(S(=O)(=O)c2ccc(C)c(C)c2)CC1. The third-order valence-corrected chi connectivity index (χ3v) is 7.97. The molecule has 0 unspecified atom stereocenters. The highest BCUT2D eigenvalue weighted by Gasteiger charge is 2.32. The van der Waals surface area contributed by atoms with Crippen LogP contribution in [0.1, 0.15) is 34.3 Å². The van der Waals surface area contributed by atoms with Crippen LogP contribution >= 0.6 is 11.3 Å². The Morgan fingerprint density at radius 1 is 1.14 bits per heavy atom. The number of piperidine rings is 1. The Morgan fingerprint density at radius 3 is 2.45 bits per heavy atom. The fourth-order valence-electron chi connectivity index (χ4n) is 3.27. The number of nitrogens with one attached hydrogen (secondary N) is 1. The largest absolute Gasteiger partial charge is 0.465 e. The first-order chi connectivity index (χ1) is 13.7. The van der Waals surface area contributed by atoms with Gasteiger partial charge < -0.3 is 10.1 Å². The topological polar surface area (TPSA) is 92.8 Å². The van der Waals surface area contributed by atoms with E-state index in [4.69, 9.17) is 4.74 Å². The van der Waals surface area contributed by atoms with Crippen molar-refractivity contribution in [2.45, 2.75) is 31.6 Å². The summed E-state index contributed by atoms with van der Waals surface area (Å²) in [5, 5.41) is 4.95. The Kier molecular flexibility index (Phi) is 6.40. The van der Waals surface area contributed by atoms with Gasteiger partial charge in [0.05, 0.1) is 17.6 Å². The van der Waals surface area contributed by atoms with Gasteiger partial charge in [0.25, 0.3) is 0 Å².